The Morgan fingerprint density at radius 1 is 1.55 bits per heavy atom. The number of hydrogen-bond donors (Lipinski definition) is 0. The Kier molecular flexibility index (Phi) is 3.49. The van der Waals surface area contributed by atoms with Crippen molar-refractivity contribution in [3.8, 4) is 0 Å². The van der Waals surface area contributed by atoms with Crippen molar-refractivity contribution in [3.05, 3.63) is 4.91 Å². The zero-order valence-corrected chi connectivity index (χ0v) is 6.95. The van der Waals surface area contributed by atoms with Crippen molar-refractivity contribution in [1.29, 1.82) is 0 Å². The van der Waals surface area contributed by atoms with Crippen LogP contribution in [0.3, 0.4) is 0 Å². The van der Waals surface area contributed by atoms with E-state index in [0.717, 1.165) is 19.3 Å². The van der Waals surface area contributed by atoms with Gasteiger partial charge in [0.25, 0.3) is 0 Å². The summed E-state index contributed by atoms with van der Waals surface area (Å²) in [4.78, 5) is 9.98. The summed E-state index contributed by atoms with van der Waals surface area (Å²) < 4.78 is 5.22. The van der Waals surface area contributed by atoms with Crippen LogP contribution < -0.4 is 0 Å². The van der Waals surface area contributed by atoms with Gasteiger partial charge >= 0.3 is 0 Å². The Labute approximate surface area is 67.1 Å². The molecule has 2 atom stereocenters. The van der Waals surface area contributed by atoms with Crippen LogP contribution >= 0.6 is 0 Å². The van der Waals surface area contributed by atoms with Crippen LogP contribution in [0.5, 0.6) is 0 Å². The first kappa shape index (κ1) is 8.65. The molecule has 0 aromatic rings. The molecule has 3 heteroatoms. The van der Waals surface area contributed by atoms with Gasteiger partial charge in [0.15, 0.2) is 0 Å². The van der Waals surface area contributed by atoms with Gasteiger partial charge in [-0.05, 0) is 25.2 Å². The van der Waals surface area contributed by atoms with E-state index in [1.807, 2.05) is 0 Å². The van der Waals surface area contributed by atoms with Crippen LogP contribution in [0.1, 0.15) is 25.7 Å². The highest BCUT2D eigenvalue weighted by Crippen LogP contribution is 2.25. The van der Waals surface area contributed by atoms with Gasteiger partial charge in [-0.25, -0.2) is 0 Å². The maximum atomic E-state index is 9.98. The molecular formula is C8H15NO2. The summed E-state index contributed by atoms with van der Waals surface area (Å²) in [5, 5.41) is 2.92. The Morgan fingerprint density at radius 2 is 2.36 bits per heavy atom. The van der Waals surface area contributed by atoms with E-state index in [1.54, 1.807) is 7.11 Å². The van der Waals surface area contributed by atoms with Crippen molar-refractivity contribution in [3.63, 3.8) is 0 Å². The van der Waals surface area contributed by atoms with Crippen LogP contribution in [0.15, 0.2) is 5.18 Å². The summed E-state index contributed by atoms with van der Waals surface area (Å²) in [5.74, 6) is 0.478. The van der Waals surface area contributed by atoms with Gasteiger partial charge in [0, 0.05) is 7.11 Å². The Balaban J connectivity index is 2.27. The fourth-order valence-electron chi connectivity index (χ4n) is 1.73. The molecule has 11 heavy (non-hydrogen) atoms. The second-order valence-electron chi connectivity index (χ2n) is 3.20. The number of hydrogen-bond acceptors (Lipinski definition) is 3. The zero-order valence-electron chi connectivity index (χ0n) is 6.95. The highest BCUT2D eigenvalue weighted by Gasteiger charge is 2.21. The SMILES string of the molecule is COC1CCCC(CN=O)C1. The highest BCUT2D eigenvalue weighted by molar-refractivity contribution is 4.74. The van der Waals surface area contributed by atoms with E-state index in [4.69, 9.17) is 4.74 Å². The summed E-state index contributed by atoms with van der Waals surface area (Å²) in [6.45, 7) is 0.472. The lowest BCUT2D eigenvalue weighted by molar-refractivity contribution is 0.0524. The van der Waals surface area contributed by atoms with Crippen LogP contribution in [0.25, 0.3) is 0 Å². The molecule has 0 bridgehead atoms. The van der Waals surface area contributed by atoms with Crippen LogP contribution in [0.2, 0.25) is 0 Å². The van der Waals surface area contributed by atoms with E-state index < -0.39 is 0 Å². The van der Waals surface area contributed by atoms with Gasteiger partial charge < -0.3 is 4.74 Å². The predicted octanol–water partition coefficient (Wildman–Crippen LogP) is 1.96. The van der Waals surface area contributed by atoms with Crippen LogP contribution in [0.4, 0.5) is 0 Å². The molecule has 2 unspecified atom stereocenters. The molecule has 1 rings (SSSR count). The molecule has 3 nitrogen and oxygen atoms in total. The van der Waals surface area contributed by atoms with Gasteiger partial charge in [0.2, 0.25) is 0 Å². The third-order valence-electron chi connectivity index (χ3n) is 2.40. The Morgan fingerprint density at radius 3 is 3.00 bits per heavy atom. The third-order valence-corrected chi connectivity index (χ3v) is 2.40. The first-order valence-corrected chi connectivity index (χ1v) is 4.18. The average molecular weight is 157 g/mol. The summed E-state index contributed by atoms with van der Waals surface area (Å²) >= 11 is 0. The minimum absolute atomic E-state index is 0.371. The molecule has 1 saturated carbocycles. The molecule has 1 aliphatic rings. The van der Waals surface area contributed by atoms with Gasteiger partial charge in [0.05, 0.1) is 12.6 Å². The number of nitroso groups, excluding NO2 is 1. The number of rotatable bonds is 3. The van der Waals surface area contributed by atoms with Gasteiger partial charge in [-0.2, -0.15) is 4.91 Å². The van der Waals surface area contributed by atoms with Crippen LogP contribution in [0, 0.1) is 10.8 Å². The van der Waals surface area contributed by atoms with Crippen molar-refractivity contribution in [2.75, 3.05) is 13.7 Å². The first-order chi connectivity index (χ1) is 5.36. The molecule has 0 spiro atoms. The maximum Gasteiger partial charge on any atom is 0.0840 e. The Bertz CT molecular complexity index is 127. The van der Waals surface area contributed by atoms with Crippen LogP contribution in [-0.4, -0.2) is 19.8 Å². The van der Waals surface area contributed by atoms with Crippen molar-refractivity contribution in [2.24, 2.45) is 11.1 Å². The average Bonchev–Trinajstić information content (AvgIpc) is 2.06. The number of ether oxygens (including phenoxy) is 1. The lowest BCUT2D eigenvalue weighted by atomic mass is 9.87. The molecular weight excluding hydrogens is 142 g/mol. The maximum absolute atomic E-state index is 9.98. The van der Waals surface area contributed by atoms with E-state index in [2.05, 4.69) is 5.18 Å². The highest BCUT2D eigenvalue weighted by atomic mass is 16.5. The van der Waals surface area contributed by atoms with E-state index >= 15 is 0 Å². The summed E-state index contributed by atoms with van der Waals surface area (Å²) in [6.07, 6.45) is 4.86. The molecule has 1 aliphatic carbocycles. The van der Waals surface area contributed by atoms with E-state index in [9.17, 15) is 4.91 Å². The largest absolute Gasteiger partial charge is 0.381 e. The standard InChI is InChI=1S/C8H15NO2/c1-11-8-4-2-3-7(5-8)6-9-10/h7-8H,2-6H2,1H3. The van der Waals surface area contributed by atoms with Crippen molar-refractivity contribution < 1.29 is 4.74 Å². The second-order valence-corrected chi connectivity index (χ2v) is 3.20. The summed E-state index contributed by atoms with van der Waals surface area (Å²) in [6, 6.07) is 0. The number of methoxy groups -OCH3 is 1. The lowest BCUT2D eigenvalue weighted by Crippen LogP contribution is -2.23. The van der Waals surface area contributed by atoms with Gasteiger partial charge in [0.1, 0.15) is 0 Å². The summed E-state index contributed by atoms with van der Waals surface area (Å²) in [5.41, 5.74) is 0. The first-order valence-electron chi connectivity index (χ1n) is 4.18. The topological polar surface area (TPSA) is 38.7 Å². The summed E-state index contributed by atoms with van der Waals surface area (Å²) in [7, 11) is 1.74. The zero-order chi connectivity index (χ0) is 8.10. The Hall–Kier alpha value is -0.440. The van der Waals surface area contributed by atoms with Crippen molar-refractivity contribution in [2.45, 2.75) is 31.8 Å². The second kappa shape index (κ2) is 4.44. The van der Waals surface area contributed by atoms with E-state index in [-0.39, 0.29) is 0 Å². The molecule has 0 aromatic heterocycles. The molecule has 0 aromatic carbocycles. The normalized spacial score (nSPS) is 31.7. The quantitative estimate of drug-likeness (QED) is 0.587. The van der Waals surface area contributed by atoms with Gasteiger partial charge in [-0.3, -0.25) is 0 Å². The van der Waals surface area contributed by atoms with Gasteiger partial charge in [-0.1, -0.05) is 11.6 Å². The molecule has 1 fully saturated rings. The molecule has 0 heterocycles. The minimum Gasteiger partial charge on any atom is -0.381 e. The van der Waals surface area contributed by atoms with E-state index in [0.29, 0.717) is 18.6 Å². The minimum atomic E-state index is 0.371. The monoisotopic (exact) mass is 157 g/mol. The lowest BCUT2D eigenvalue weighted by Gasteiger charge is -2.26. The smallest absolute Gasteiger partial charge is 0.0840 e. The molecule has 0 N–H and O–H groups in total. The third kappa shape index (κ3) is 2.58. The van der Waals surface area contributed by atoms with E-state index in [1.165, 1.54) is 6.42 Å². The molecule has 0 amide bonds. The molecule has 0 saturated heterocycles. The fraction of sp³-hybridized carbons (Fsp3) is 1.00. The molecule has 0 radical (unpaired) electrons. The van der Waals surface area contributed by atoms with Gasteiger partial charge in [-0.15, -0.1) is 0 Å². The molecule has 0 aliphatic heterocycles. The number of nitrogens with zero attached hydrogens (tertiary/aromatic N) is 1. The van der Waals surface area contributed by atoms with Crippen LogP contribution in [-0.2, 0) is 4.74 Å². The van der Waals surface area contributed by atoms with Crippen molar-refractivity contribution in [1.82, 2.24) is 0 Å². The van der Waals surface area contributed by atoms with Crippen molar-refractivity contribution >= 4 is 0 Å². The fourth-order valence-corrected chi connectivity index (χ4v) is 1.73. The molecule has 64 valence electrons. The predicted molar refractivity (Wildman–Crippen MR) is 43.4 cm³/mol.